The van der Waals surface area contributed by atoms with Crippen LogP contribution in [-0.2, 0) is 22.6 Å². The van der Waals surface area contributed by atoms with Crippen molar-refractivity contribution in [2.24, 2.45) is 4.99 Å². The van der Waals surface area contributed by atoms with Crippen molar-refractivity contribution < 1.29 is 9.47 Å². The number of guanidine groups is 1. The highest BCUT2D eigenvalue weighted by Gasteiger charge is 2.09. The minimum Gasteiger partial charge on any atom is -0.379 e. The number of morpholine rings is 1. The summed E-state index contributed by atoms with van der Waals surface area (Å²) in [5, 5.41) is 6.79. The molecule has 1 aliphatic rings. The van der Waals surface area contributed by atoms with Crippen LogP contribution in [0.15, 0.2) is 29.3 Å². The Morgan fingerprint density at radius 2 is 1.93 bits per heavy atom. The van der Waals surface area contributed by atoms with Crippen LogP contribution in [-0.4, -0.2) is 63.4 Å². The molecule has 0 radical (unpaired) electrons. The van der Waals surface area contributed by atoms with Crippen LogP contribution in [0, 0.1) is 0 Å². The molecule has 0 aliphatic carbocycles. The van der Waals surface area contributed by atoms with Crippen LogP contribution >= 0.6 is 0 Å². The fourth-order valence-electron chi connectivity index (χ4n) is 3.02. The maximum Gasteiger partial charge on any atom is 0.191 e. The second-order valence-corrected chi connectivity index (χ2v) is 6.75. The number of benzene rings is 1. The van der Waals surface area contributed by atoms with E-state index < -0.39 is 0 Å². The van der Waals surface area contributed by atoms with Crippen LogP contribution in [0.1, 0.15) is 37.8 Å². The second-order valence-electron chi connectivity index (χ2n) is 6.75. The summed E-state index contributed by atoms with van der Waals surface area (Å²) >= 11 is 0. The van der Waals surface area contributed by atoms with E-state index in [1.165, 1.54) is 11.1 Å². The lowest BCUT2D eigenvalue weighted by molar-refractivity contribution is 0.0376. The van der Waals surface area contributed by atoms with Crippen molar-refractivity contribution in [1.29, 1.82) is 0 Å². The highest BCUT2D eigenvalue weighted by atomic mass is 16.5. The molecule has 1 aromatic carbocycles. The van der Waals surface area contributed by atoms with Gasteiger partial charge in [0.05, 0.1) is 26.4 Å². The quantitative estimate of drug-likeness (QED) is 0.353. The van der Waals surface area contributed by atoms with Gasteiger partial charge in [-0.15, -0.1) is 0 Å². The molecule has 6 heteroatoms. The van der Waals surface area contributed by atoms with E-state index in [1.54, 1.807) is 0 Å². The van der Waals surface area contributed by atoms with Gasteiger partial charge < -0.3 is 20.1 Å². The minimum atomic E-state index is 0.656. The Bertz CT molecular complexity index is 545. The van der Waals surface area contributed by atoms with Crippen molar-refractivity contribution in [3.05, 3.63) is 35.4 Å². The third-order valence-corrected chi connectivity index (χ3v) is 4.52. The molecular weight excluding hydrogens is 340 g/mol. The number of rotatable bonds is 11. The smallest absolute Gasteiger partial charge is 0.191 e. The topological polar surface area (TPSA) is 58.1 Å². The average Bonchev–Trinajstić information content (AvgIpc) is 2.71. The Morgan fingerprint density at radius 3 is 2.67 bits per heavy atom. The fourth-order valence-corrected chi connectivity index (χ4v) is 3.02. The zero-order valence-corrected chi connectivity index (χ0v) is 17.0. The molecule has 0 atom stereocenters. The summed E-state index contributed by atoms with van der Waals surface area (Å²) in [4.78, 5) is 7.22. The molecule has 2 rings (SSSR count). The van der Waals surface area contributed by atoms with Gasteiger partial charge in [-0.1, -0.05) is 31.2 Å². The summed E-state index contributed by atoms with van der Waals surface area (Å²) in [6.07, 6.45) is 2.14. The zero-order chi connectivity index (χ0) is 19.2. The molecule has 1 fully saturated rings. The molecule has 1 heterocycles. The van der Waals surface area contributed by atoms with E-state index in [9.17, 15) is 0 Å². The van der Waals surface area contributed by atoms with Crippen LogP contribution in [0.2, 0.25) is 0 Å². The van der Waals surface area contributed by atoms with E-state index in [2.05, 4.69) is 53.6 Å². The lowest BCUT2D eigenvalue weighted by Gasteiger charge is -2.26. The molecule has 6 nitrogen and oxygen atoms in total. The molecule has 1 saturated heterocycles. The van der Waals surface area contributed by atoms with Crippen molar-refractivity contribution in [2.45, 2.75) is 39.8 Å². The van der Waals surface area contributed by atoms with Crippen molar-refractivity contribution in [2.75, 3.05) is 52.5 Å². The van der Waals surface area contributed by atoms with Crippen molar-refractivity contribution >= 4 is 5.96 Å². The van der Waals surface area contributed by atoms with Gasteiger partial charge in [0.25, 0.3) is 0 Å². The zero-order valence-electron chi connectivity index (χ0n) is 17.0. The molecule has 0 aromatic heterocycles. The molecule has 0 unspecified atom stereocenters. The largest absolute Gasteiger partial charge is 0.379 e. The molecule has 1 aromatic rings. The number of ether oxygens (including phenoxy) is 2. The molecule has 0 spiro atoms. The monoisotopic (exact) mass is 376 g/mol. The SMILES string of the molecule is CCCOCc1ccccc1CN=C(NCC)NCCCN1CCOCC1. The Morgan fingerprint density at radius 1 is 1.15 bits per heavy atom. The number of nitrogens with zero attached hydrogens (tertiary/aromatic N) is 2. The summed E-state index contributed by atoms with van der Waals surface area (Å²) in [7, 11) is 0. The number of nitrogens with one attached hydrogen (secondary N) is 2. The third-order valence-electron chi connectivity index (χ3n) is 4.52. The second kappa shape index (κ2) is 13.5. The Kier molecular flexibility index (Phi) is 10.9. The Hall–Kier alpha value is -1.63. The standard InChI is InChI=1S/C21H36N4O2/c1-3-14-27-18-20-9-6-5-8-19(20)17-24-21(22-4-2)23-10-7-11-25-12-15-26-16-13-25/h5-6,8-9H,3-4,7,10-18H2,1-2H3,(H2,22,23,24). The van der Waals surface area contributed by atoms with E-state index in [4.69, 9.17) is 14.5 Å². The number of hydrogen-bond donors (Lipinski definition) is 2. The lowest BCUT2D eigenvalue weighted by Crippen LogP contribution is -2.40. The van der Waals surface area contributed by atoms with Gasteiger partial charge >= 0.3 is 0 Å². The van der Waals surface area contributed by atoms with Gasteiger partial charge in [-0.25, -0.2) is 4.99 Å². The highest BCUT2D eigenvalue weighted by molar-refractivity contribution is 5.79. The molecular formula is C21H36N4O2. The summed E-state index contributed by atoms with van der Waals surface area (Å²) in [6, 6.07) is 8.39. The first-order chi connectivity index (χ1) is 13.3. The summed E-state index contributed by atoms with van der Waals surface area (Å²) < 4.78 is 11.1. The van der Waals surface area contributed by atoms with Crippen molar-refractivity contribution in [1.82, 2.24) is 15.5 Å². The highest BCUT2D eigenvalue weighted by Crippen LogP contribution is 2.11. The van der Waals surface area contributed by atoms with Crippen LogP contribution in [0.4, 0.5) is 0 Å². The molecule has 0 saturated carbocycles. The van der Waals surface area contributed by atoms with Crippen LogP contribution in [0.3, 0.4) is 0 Å². The molecule has 1 aliphatic heterocycles. The Labute approximate surface area is 164 Å². The van der Waals surface area contributed by atoms with E-state index >= 15 is 0 Å². The van der Waals surface area contributed by atoms with E-state index in [0.717, 1.165) is 71.3 Å². The van der Waals surface area contributed by atoms with Gasteiger partial charge in [0.15, 0.2) is 5.96 Å². The maximum atomic E-state index is 5.71. The van der Waals surface area contributed by atoms with Crippen LogP contribution in [0.5, 0.6) is 0 Å². The summed E-state index contributed by atoms with van der Waals surface area (Å²) in [5.41, 5.74) is 2.44. The predicted molar refractivity (Wildman–Crippen MR) is 111 cm³/mol. The van der Waals surface area contributed by atoms with Crippen molar-refractivity contribution in [3.8, 4) is 0 Å². The summed E-state index contributed by atoms with van der Waals surface area (Å²) in [6.45, 7) is 13.0. The van der Waals surface area contributed by atoms with Crippen LogP contribution < -0.4 is 10.6 Å². The van der Waals surface area contributed by atoms with Gasteiger partial charge in [0, 0.05) is 32.8 Å². The molecule has 2 N–H and O–H groups in total. The first kappa shape index (κ1) is 21.7. The first-order valence-corrected chi connectivity index (χ1v) is 10.3. The Balaban J connectivity index is 1.80. The molecule has 27 heavy (non-hydrogen) atoms. The normalized spacial score (nSPS) is 15.7. The van der Waals surface area contributed by atoms with Gasteiger partial charge in [-0.2, -0.15) is 0 Å². The minimum absolute atomic E-state index is 0.656. The van der Waals surface area contributed by atoms with Gasteiger partial charge in [0.2, 0.25) is 0 Å². The average molecular weight is 377 g/mol. The maximum absolute atomic E-state index is 5.71. The lowest BCUT2D eigenvalue weighted by atomic mass is 10.1. The molecule has 0 bridgehead atoms. The van der Waals surface area contributed by atoms with E-state index in [-0.39, 0.29) is 0 Å². The van der Waals surface area contributed by atoms with Gasteiger partial charge in [-0.05, 0) is 37.4 Å². The first-order valence-electron chi connectivity index (χ1n) is 10.3. The number of aliphatic imine (C=N–C) groups is 1. The molecule has 152 valence electrons. The predicted octanol–water partition coefficient (Wildman–Crippen LogP) is 2.39. The van der Waals surface area contributed by atoms with Crippen molar-refractivity contribution in [3.63, 3.8) is 0 Å². The van der Waals surface area contributed by atoms with Gasteiger partial charge in [-0.3, -0.25) is 4.90 Å². The van der Waals surface area contributed by atoms with E-state index in [1.807, 2.05) is 0 Å². The van der Waals surface area contributed by atoms with Gasteiger partial charge in [0.1, 0.15) is 0 Å². The summed E-state index contributed by atoms with van der Waals surface area (Å²) in [5.74, 6) is 0.878. The molecule has 0 amide bonds. The van der Waals surface area contributed by atoms with E-state index in [0.29, 0.717) is 13.2 Å². The van der Waals surface area contributed by atoms with Crippen LogP contribution in [0.25, 0.3) is 0 Å². The third kappa shape index (κ3) is 8.73. The number of hydrogen-bond acceptors (Lipinski definition) is 4. The fraction of sp³-hybridized carbons (Fsp3) is 0.667.